The molecule has 0 amide bonds. The average Bonchev–Trinajstić information content (AvgIpc) is 3.42. The Morgan fingerprint density at radius 2 is 1.94 bits per heavy atom. The van der Waals surface area contributed by atoms with Crippen LogP contribution in [-0.4, -0.2) is 50.0 Å². The Bertz CT molecular complexity index is 1320. The van der Waals surface area contributed by atoms with E-state index >= 15 is 0 Å². The Morgan fingerprint density at radius 3 is 2.59 bits per heavy atom. The van der Waals surface area contributed by atoms with Crippen LogP contribution in [0.25, 0.3) is 10.9 Å². The normalized spacial score (nSPS) is 14.6. The van der Waals surface area contributed by atoms with Crippen LogP contribution in [0.5, 0.6) is 0 Å². The Hall–Kier alpha value is -2.43. The lowest BCUT2D eigenvalue weighted by Crippen LogP contribution is -2.22. The van der Waals surface area contributed by atoms with E-state index in [1.165, 1.54) is 6.07 Å². The van der Waals surface area contributed by atoms with E-state index in [2.05, 4.69) is 24.7 Å². The van der Waals surface area contributed by atoms with Crippen LogP contribution in [-0.2, 0) is 26.0 Å². The number of esters is 1. The highest BCUT2D eigenvalue weighted by atomic mass is 32.2. The monoisotopic (exact) mass is 503 g/mol. The van der Waals surface area contributed by atoms with Crippen molar-refractivity contribution in [2.75, 3.05) is 13.2 Å². The molecule has 1 saturated carbocycles. The van der Waals surface area contributed by atoms with Crippen molar-refractivity contribution in [1.82, 2.24) is 14.3 Å². The number of hydrogen-bond acceptors (Lipinski definition) is 6. The minimum atomic E-state index is -3.84. The Morgan fingerprint density at radius 1 is 1.21 bits per heavy atom. The third kappa shape index (κ3) is 4.99. The van der Waals surface area contributed by atoms with Crippen molar-refractivity contribution in [2.24, 2.45) is 0 Å². The zero-order chi connectivity index (χ0) is 24.7. The molecule has 10 heteroatoms. The van der Waals surface area contributed by atoms with Gasteiger partial charge in [-0.15, -0.1) is 0 Å². The molecule has 34 heavy (non-hydrogen) atoms. The van der Waals surface area contributed by atoms with Gasteiger partial charge in [0.25, 0.3) is 0 Å². The number of fused-ring (bicyclic) bond motifs is 1. The Labute approximate surface area is 201 Å². The predicted molar refractivity (Wildman–Crippen MR) is 133 cm³/mol. The summed E-state index contributed by atoms with van der Waals surface area (Å²) in [5, 5.41) is 5.10. The molecule has 0 bridgehead atoms. The van der Waals surface area contributed by atoms with E-state index in [0.717, 1.165) is 29.8 Å². The van der Waals surface area contributed by atoms with Gasteiger partial charge in [-0.2, -0.15) is 5.10 Å². The summed E-state index contributed by atoms with van der Waals surface area (Å²) in [5.41, 5.74) is 1.67. The van der Waals surface area contributed by atoms with Gasteiger partial charge in [-0.3, -0.25) is 0 Å². The van der Waals surface area contributed by atoms with Gasteiger partial charge in [0.15, 0.2) is 0 Å². The van der Waals surface area contributed by atoms with Crippen molar-refractivity contribution in [3.63, 3.8) is 0 Å². The standard InChI is InChI=1S/C24H33N3O5SSi/c1-6-32-24(28)22-14-23(17(2)27(22)19-7-8-19)33(29,30)20-9-10-21-18(13-20)15-25-26(21)16-31-11-12-34(3,4)5/h9-10,13-15,19H,6-8,11-12,16H2,1-5H3. The summed E-state index contributed by atoms with van der Waals surface area (Å²) in [6.07, 6.45) is 3.50. The van der Waals surface area contributed by atoms with E-state index in [4.69, 9.17) is 9.47 Å². The maximum absolute atomic E-state index is 13.6. The second kappa shape index (κ2) is 9.31. The molecule has 0 spiro atoms. The van der Waals surface area contributed by atoms with E-state index in [-0.39, 0.29) is 22.4 Å². The average molecular weight is 504 g/mol. The summed E-state index contributed by atoms with van der Waals surface area (Å²) >= 11 is 0. The number of carbonyl (C=O) groups excluding carboxylic acids is 1. The molecule has 0 N–H and O–H groups in total. The molecule has 2 aromatic heterocycles. The van der Waals surface area contributed by atoms with E-state index in [0.29, 0.717) is 24.7 Å². The summed E-state index contributed by atoms with van der Waals surface area (Å²) < 4.78 is 41.7. The van der Waals surface area contributed by atoms with Crippen LogP contribution in [0.3, 0.4) is 0 Å². The van der Waals surface area contributed by atoms with Crippen molar-refractivity contribution < 1.29 is 22.7 Å². The first-order chi connectivity index (χ1) is 16.0. The number of carbonyl (C=O) groups is 1. The van der Waals surface area contributed by atoms with Gasteiger partial charge in [-0.1, -0.05) is 19.6 Å². The van der Waals surface area contributed by atoms with Gasteiger partial charge >= 0.3 is 5.97 Å². The molecule has 1 aliphatic rings. The first kappa shape index (κ1) is 24.7. The van der Waals surface area contributed by atoms with Crippen LogP contribution >= 0.6 is 0 Å². The topological polar surface area (TPSA) is 92.4 Å². The zero-order valence-electron chi connectivity index (χ0n) is 20.5. The summed E-state index contributed by atoms with van der Waals surface area (Å²) in [5.74, 6) is -0.496. The van der Waals surface area contributed by atoms with Gasteiger partial charge < -0.3 is 14.0 Å². The fourth-order valence-corrected chi connectivity index (χ4v) is 6.32. The van der Waals surface area contributed by atoms with Crippen LogP contribution in [0.2, 0.25) is 25.7 Å². The Balaban J connectivity index is 1.62. The van der Waals surface area contributed by atoms with Gasteiger partial charge in [-0.05, 0) is 57.0 Å². The maximum Gasteiger partial charge on any atom is 0.354 e. The number of benzene rings is 1. The fraction of sp³-hybridized carbons (Fsp3) is 0.500. The van der Waals surface area contributed by atoms with Crippen LogP contribution in [0.4, 0.5) is 0 Å². The van der Waals surface area contributed by atoms with E-state index in [9.17, 15) is 13.2 Å². The van der Waals surface area contributed by atoms with Crippen LogP contribution < -0.4 is 0 Å². The van der Waals surface area contributed by atoms with Crippen molar-refractivity contribution >= 4 is 34.8 Å². The SMILES string of the molecule is CCOC(=O)c1cc(S(=O)(=O)c2ccc3c(cnn3COCC[Si](C)(C)C)c2)c(C)n1C1CC1. The number of sulfone groups is 1. The molecule has 1 fully saturated rings. The first-order valence-electron chi connectivity index (χ1n) is 11.7. The Kier molecular flexibility index (Phi) is 6.76. The van der Waals surface area contributed by atoms with Crippen molar-refractivity contribution in [3.8, 4) is 0 Å². The van der Waals surface area contributed by atoms with Crippen LogP contribution in [0.15, 0.2) is 40.3 Å². The third-order valence-corrected chi connectivity index (χ3v) is 9.64. The second-order valence-electron chi connectivity index (χ2n) is 10.0. The van der Waals surface area contributed by atoms with Gasteiger partial charge in [-0.25, -0.2) is 17.9 Å². The molecule has 0 unspecified atom stereocenters. The van der Waals surface area contributed by atoms with E-state index in [1.54, 1.807) is 42.9 Å². The number of aromatic nitrogens is 3. The molecule has 2 heterocycles. The van der Waals surface area contributed by atoms with Gasteiger partial charge in [0.05, 0.1) is 28.1 Å². The van der Waals surface area contributed by atoms with Crippen molar-refractivity contribution in [1.29, 1.82) is 0 Å². The molecule has 1 aromatic carbocycles. The minimum Gasteiger partial charge on any atom is -0.461 e. The zero-order valence-corrected chi connectivity index (χ0v) is 22.3. The van der Waals surface area contributed by atoms with Crippen LogP contribution in [0, 0.1) is 6.92 Å². The molecular formula is C24H33N3O5SSi. The number of hydrogen-bond donors (Lipinski definition) is 0. The number of rotatable bonds is 10. The summed E-state index contributed by atoms with van der Waals surface area (Å²) in [6.45, 7) is 11.6. The first-order valence-corrected chi connectivity index (χ1v) is 16.9. The summed E-state index contributed by atoms with van der Waals surface area (Å²) in [4.78, 5) is 12.8. The number of ether oxygens (including phenoxy) is 2. The van der Waals surface area contributed by atoms with Gasteiger partial charge in [0, 0.05) is 31.8 Å². The number of nitrogens with zero attached hydrogens (tertiary/aromatic N) is 3. The lowest BCUT2D eigenvalue weighted by molar-refractivity contribution is 0.0513. The fourth-order valence-electron chi connectivity index (χ4n) is 4.03. The molecule has 4 rings (SSSR count). The molecule has 0 atom stereocenters. The highest BCUT2D eigenvalue weighted by Gasteiger charge is 2.34. The molecule has 0 aliphatic heterocycles. The lowest BCUT2D eigenvalue weighted by atomic mass is 10.2. The predicted octanol–water partition coefficient (Wildman–Crippen LogP) is 4.80. The van der Waals surface area contributed by atoms with Crippen molar-refractivity contribution in [3.05, 3.63) is 41.9 Å². The molecule has 184 valence electrons. The smallest absolute Gasteiger partial charge is 0.354 e. The molecule has 8 nitrogen and oxygen atoms in total. The summed E-state index contributed by atoms with van der Waals surface area (Å²) in [6, 6.07) is 7.66. The molecule has 3 aromatic rings. The second-order valence-corrected chi connectivity index (χ2v) is 17.6. The largest absolute Gasteiger partial charge is 0.461 e. The van der Waals surface area contributed by atoms with E-state index < -0.39 is 23.9 Å². The van der Waals surface area contributed by atoms with Crippen molar-refractivity contribution in [2.45, 2.75) is 74.9 Å². The lowest BCUT2D eigenvalue weighted by Gasteiger charge is -2.15. The van der Waals surface area contributed by atoms with Gasteiger partial charge in [0.1, 0.15) is 12.4 Å². The maximum atomic E-state index is 13.6. The highest BCUT2D eigenvalue weighted by molar-refractivity contribution is 7.91. The molecular weight excluding hydrogens is 470 g/mol. The quantitative estimate of drug-likeness (QED) is 0.224. The van der Waals surface area contributed by atoms with Crippen LogP contribution in [0.1, 0.15) is 42.0 Å². The molecule has 0 saturated heterocycles. The summed E-state index contributed by atoms with van der Waals surface area (Å²) in [7, 11) is -5.01. The van der Waals surface area contributed by atoms with E-state index in [1.807, 2.05) is 4.57 Å². The highest BCUT2D eigenvalue weighted by Crippen LogP contribution is 2.40. The van der Waals surface area contributed by atoms with Gasteiger partial charge in [0.2, 0.25) is 9.84 Å². The minimum absolute atomic E-state index is 0.142. The molecule has 1 aliphatic carbocycles. The molecule has 0 radical (unpaired) electrons. The third-order valence-electron chi connectivity index (χ3n) is 6.06.